The molecule has 5 nitrogen and oxygen atoms in total. The van der Waals surface area contributed by atoms with Gasteiger partial charge < -0.3 is 10.1 Å². The Labute approximate surface area is 107 Å². The van der Waals surface area contributed by atoms with Crippen LogP contribution in [0.15, 0.2) is 0 Å². The Morgan fingerprint density at radius 3 is 2.94 bits per heavy atom. The molecule has 0 bridgehead atoms. The van der Waals surface area contributed by atoms with Crippen molar-refractivity contribution in [1.29, 1.82) is 0 Å². The van der Waals surface area contributed by atoms with Gasteiger partial charge in [0, 0.05) is 24.4 Å². The molecular weight excluding hydrogens is 230 g/mol. The summed E-state index contributed by atoms with van der Waals surface area (Å²) in [5, 5.41) is 9.96. The summed E-state index contributed by atoms with van der Waals surface area (Å²) in [6.45, 7) is 7.25. The van der Waals surface area contributed by atoms with Gasteiger partial charge in [-0.25, -0.2) is 0 Å². The SMILES string of the molecule is Cc1n[nH]c(C)c1CNC(=O)[C@@H]1C[C@@H](C)CCO1. The summed E-state index contributed by atoms with van der Waals surface area (Å²) >= 11 is 0. The van der Waals surface area contributed by atoms with Crippen molar-refractivity contribution in [3.05, 3.63) is 17.0 Å². The third kappa shape index (κ3) is 2.90. The summed E-state index contributed by atoms with van der Waals surface area (Å²) in [5.74, 6) is 0.549. The Kier molecular flexibility index (Phi) is 4.01. The van der Waals surface area contributed by atoms with E-state index in [1.807, 2.05) is 13.8 Å². The molecule has 100 valence electrons. The van der Waals surface area contributed by atoms with E-state index in [1.165, 1.54) is 0 Å². The van der Waals surface area contributed by atoms with E-state index >= 15 is 0 Å². The number of ether oxygens (including phenoxy) is 1. The predicted molar refractivity (Wildman–Crippen MR) is 68.0 cm³/mol. The first-order valence-corrected chi connectivity index (χ1v) is 6.47. The van der Waals surface area contributed by atoms with Crippen molar-refractivity contribution in [2.75, 3.05) is 6.61 Å². The van der Waals surface area contributed by atoms with Gasteiger partial charge in [-0.2, -0.15) is 5.10 Å². The first-order chi connectivity index (χ1) is 8.58. The predicted octanol–water partition coefficient (Wildman–Crippen LogP) is 1.46. The van der Waals surface area contributed by atoms with Crippen molar-refractivity contribution in [3.63, 3.8) is 0 Å². The summed E-state index contributed by atoms with van der Waals surface area (Å²) in [6, 6.07) is 0. The average Bonchev–Trinajstić information content (AvgIpc) is 2.66. The lowest BCUT2D eigenvalue weighted by Crippen LogP contribution is -2.39. The quantitative estimate of drug-likeness (QED) is 0.854. The van der Waals surface area contributed by atoms with Crippen LogP contribution in [0.1, 0.15) is 36.7 Å². The topological polar surface area (TPSA) is 67.0 Å². The van der Waals surface area contributed by atoms with Crippen molar-refractivity contribution in [1.82, 2.24) is 15.5 Å². The number of carbonyl (C=O) groups excluding carboxylic acids is 1. The van der Waals surface area contributed by atoms with Gasteiger partial charge in [-0.3, -0.25) is 9.89 Å². The number of H-pyrrole nitrogens is 1. The molecule has 1 aromatic rings. The fourth-order valence-corrected chi connectivity index (χ4v) is 2.27. The van der Waals surface area contributed by atoms with Crippen molar-refractivity contribution in [2.24, 2.45) is 5.92 Å². The number of hydrogen-bond acceptors (Lipinski definition) is 3. The maximum Gasteiger partial charge on any atom is 0.249 e. The van der Waals surface area contributed by atoms with Crippen molar-refractivity contribution < 1.29 is 9.53 Å². The van der Waals surface area contributed by atoms with Crippen LogP contribution in [0.3, 0.4) is 0 Å². The van der Waals surface area contributed by atoms with Gasteiger partial charge in [0.15, 0.2) is 0 Å². The summed E-state index contributed by atoms with van der Waals surface area (Å²) in [4.78, 5) is 12.0. The van der Waals surface area contributed by atoms with Crippen molar-refractivity contribution >= 4 is 5.91 Å². The van der Waals surface area contributed by atoms with E-state index in [9.17, 15) is 4.79 Å². The first kappa shape index (κ1) is 13.1. The van der Waals surface area contributed by atoms with Crippen LogP contribution in [0.25, 0.3) is 0 Å². The van der Waals surface area contributed by atoms with Gasteiger partial charge in [-0.15, -0.1) is 0 Å². The summed E-state index contributed by atoms with van der Waals surface area (Å²) in [6.07, 6.45) is 1.57. The molecule has 1 amide bonds. The van der Waals surface area contributed by atoms with E-state index in [0.717, 1.165) is 29.8 Å². The van der Waals surface area contributed by atoms with Gasteiger partial charge in [0.25, 0.3) is 0 Å². The molecule has 2 heterocycles. The molecule has 1 aromatic heterocycles. The number of nitrogens with zero attached hydrogens (tertiary/aromatic N) is 1. The van der Waals surface area contributed by atoms with E-state index in [-0.39, 0.29) is 12.0 Å². The van der Waals surface area contributed by atoms with E-state index < -0.39 is 0 Å². The number of amides is 1. The van der Waals surface area contributed by atoms with Crippen LogP contribution >= 0.6 is 0 Å². The summed E-state index contributed by atoms with van der Waals surface area (Å²) in [5.41, 5.74) is 3.00. The molecule has 2 atom stereocenters. The van der Waals surface area contributed by atoms with Gasteiger partial charge in [0.2, 0.25) is 5.91 Å². The fraction of sp³-hybridized carbons (Fsp3) is 0.692. The Morgan fingerprint density at radius 2 is 2.33 bits per heavy atom. The minimum absolute atomic E-state index is 0.0125. The molecule has 0 spiro atoms. The second-order valence-electron chi connectivity index (χ2n) is 5.12. The summed E-state index contributed by atoms with van der Waals surface area (Å²) in [7, 11) is 0. The standard InChI is InChI=1S/C13H21N3O2/c1-8-4-5-18-12(6-8)13(17)14-7-11-9(2)15-16-10(11)3/h8,12H,4-7H2,1-3H3,(H,14,17)(H,15,16)/t8-,12-/m0/s1. The lowest BCUT2D eigenvalue weighted by atomic mass is 9.97. The van der Waals surface area contributed by atoms with Crippen molar-refractivity contribution in [3.8, 4) is 0 Å². The third-order valence-electron chi connectivity index (χ3n) is 3.56. The molecule has 18 heavy (non-hydrogen) atoms. The Morgan fingerprint density at radius 1 is 1.56 bits per heavy atom. The van der Waals surface area contributed by atoms with Gasteiger partial charge in [-0.1, -0.05) is 6.92 Å². The van der Waals surface area contributed by atoms with Crippen molar-refractivity contribution in [2.45, 2.75) is 46.3 Å². The molecule has 1 fully saturated rings. The largest absolute Gasteiger partial charge is 0.368 e. The third-order valence-corrected chi connectivity index (χ3v) is 3.56. The Balaban J connectivity index is 1.88. The van der Waals surface area contributed by atoms with E-state index in [1.54, 1.807) is 0 Å². The number of nitrogens with one attached hydrogen (secondary N) is 2. The van der Waals surface area contributed by atoms with E-state index in [0.29, 0.717) is 19.1 Å². The van der Waals surface area contributed by atoms with E-state index in [2.05, 4.69) is 22.4 Å². The van der Waals surface area contributed by atoms with Crippen LogP contribution in [0.5, 0.6) is 0 Å². The monoisotopic (exact) mass is 251 g/mol. The minimum atomic E-state index is -0.290. The molecule has 0 saturated carbocycles. The van der Waals surface area contributed by atoms with Gasteiger partial charge >= 0.3 is 0 Å². The second-order valence-corrected chi connectivity index (χ2v) is 5.12. The highest BCUT2D eigenvalue weighted by Gasteiger charge is 2.25. The first-order valence-electron chi connectivity index (χ1n) is 6.47. The van der Waals surface area contributed by atoms with Crippen LogP contribution in [0.2, 0.25) is 0 Å². The zero-order valence-electron chi connectivity index (χ0n) is 11.2. The smallest absolute Gasteiger partial charge is 0.249 e. The average molecular weight is 251 g/mol. The lowest BCUT2D eigenvalue weighted by Gasteiger charge is -2.26. The fourth-order valence-electron chi connectivity index (χ4n) is 2.27. The van der Waals surface area contributed by atoms with Crippen LogP contribution in [0.4, 0.5) is 0 Å². The molecule has 1 aliphatic rings. The highest BCUT2D eigenvalue weighted by molar-refractivity contribution is 5.80. The highest BCUT2D eigenvalue weighted by Crippen LogP contribution is 2.19. The summed E-state index contributed by atoms with van der Waals surface area (Å²) < 4.78 is 5.51. The Bertz CT molecular complexity index is 408. The molecule has 0 aliphatic carbocycles. The van der Waals surface area contributed by atoms with Gasteiger partial charge in [0.1, 0.15) is 6.10 Å². The zero-order chi connectivity index (χ0) is 13.1. The van der Waals surface area contributed by atoms with Crippen LogP contribution in [-0.2, 0) is 16.1 Å². The molecular formula is C13H21N3O2. The second kappa shape index (κ2) is 5.52. The number of aromatic amines is 1. The Hall–Kier alpha value is -1.36. The minimum Gasteiger partial charge on any atom is -0.368 e. The molecule has 0 unspecified atom stereocenters. The van der Waals surface area contributed by atoms with Gasteiger partial charge in [-0.05, 0) is 32.6 Å². The van der Waals surface area contributed by atoms with Crippen LogP contribution in [-0.4, -0.2) is 28.8 Å². The van der Waals surface area contributed by atoms with Gasteiger partial charge in [0.05, 0.1) is 5.69 Å². The number of aryl methyl sites for hydroxylation is 2. The maximum absolute atomic E-state index is 12.0. The molecule has 5 heteroatoms. The number of aromatic nitrogens is 2. The molecule has 0 aromatic carbocycles. The molecule has 1 saturated heterocycles. The maximum atomic E-state index is 12.0. The van der Waals surface area contributed by atoms with Crippen LogP contribution < -0.4 is 5.32 Å². The number of rotatable bonds is 3. The number of hydrogen-bond donors (Lipinski definition) is 2. The number of carbonyl (C=O) groups is 1. The molecule has 2 rings (SSSR count). The highest BCUT2D eigenvalue weighted by atomic mass is 16.5. The normalized spacial score (nSPS) is 23.9. The van der Waals surface area contributed by atoms with E-state index in [4.69, 9.17) is 4.74 Å². The lowest BCUT2D eigenvalue weighted by molar-refractivity contribution is -0.137. The molecule has 2 N–H and O–H groups in total. The molecule has 1 aliphatic heterocycles. The molecule has 0 radical (unpaired) electrons. The van der Waals surface area contributed by atoms with Crippen LogP contribution in [0, 0.1) is 19.8 Å². The zero-order valence-corrected chi connectivity index (χ0v) is 11.2.